The number of thiophene rings is 1. The maximum Gasteiger partial charge on any atom is 0.287 e. The minimum absolute atomic E-state index is 0.0335. The zero-order valence-corrected chi connectivity index (χ0v) is 13.6. The molecule has 122 valence electrons. The number of H-pyrrole nitrogens is 1. The molecule has 1 aromatic carbocycles. The molecule has 0 unspecified atom stereocenters. The van der Waals surface area contributed by atoms with Gasteiger partial charge in [0.05, 0.1) is 5.39 Å². The summed E-state index contributed by atoms with van der Waals surface area (Å²) in [6.07, 6.45) is 2.97. The molecule has 1 aliphatic carbocycles. The molecule has 24 heavy (non-hydrogen) atoms. The van der Waals surface area contributed by atoms with E-state index in [4.69, 9.17) is 0 Å². The molecule has 0 radical (unpaired) electrons. The van der Waals surface area contributed by atoms with Gasteiger partial charge < -0.3 is 15.4 Å². The molecule has 7 heteroatoms. The van der Waals surface area contributed by atoms with Crippen LogP contribution in [0.5, 0.6) is 5.75 Å². The molecule has 2 heterocycles. The van der Waals surface area contributed by atoms with Crippen molar-refractivity contribution in [3.8, 4) is 5.75 Å². The lowest BCUT2D eigenvalue weighted by atomic mass is 10.2. The summed E-state index contributed by atoms with van der Waals surface area (Å²) in [4.78, 5) is 33.4. The highest BCUT2D eigenvalue weighted by molar-refractivity contribution is 7.18. The smallest absolute Gasteiger partial charge is 0.287 e. The molecule has 0 spiro atoms. The summed E-state index contributed by atoms with van der Waals surface area (Å²) < 4.78 is 0. The number of aromatic nitrogens is 2. The van der Waals surface area contributed by atoms with Crippen LogP contribution < -0.4 is 10.9 Å². The Morgan fingerprint density at radius 2 is 2.08 bits per heavy atom. The van der Waals surface area contributed by atoms with E-state index in [9.17, 15) is 14.7 Å². The molecule has 2 aromatic heterocycles. The summed E-state index contributed by atoms with van der Waals surface area (Å²) in [5.74, 6) is -0.214. The van der Waals surface area contributed by atoms with Gasteiger partial charge in [0.25, 0.3) is 11.5 Å². The fourth-order valence-corrected chi connectivity index (χ4v) is 4.25. The number of hydrogen-bond acceptors (Lipinski definition) is 5. The minimum Gasteiger partial charge on any atom is -0.508 e. The van der Waals surface area contributed by atoms with Crippen molar-refractivity contribution in [2.24, 2.45) is 0 Å². The first kappa shape index (κ1) is 14.9. The van der Waals surface area contributed by atoms with Crippen LogP contribution in [0.15, 0.2) is 29.1 Å². The first-order valence-corrected chi connectivity index (χ1v) is 8.54. The number of benzene rings is 1. The average Bonchev–Trinajstić information content (AvgIpc) is 3.14. The van der Waals surface area contributed by atoms with E-state index in [0.717, 1.165) is 30.4 Å². The van der Waals surface area contributed by atoms with Gasteiger partial charge in [-0.25, -0.2) is 4.98 Å². The van der Waals surface area contributed by atoms with E-state index in [-0.39, 0.29) is 17.1 Å². The zero-order valence-electron chi connectivity index (χ0n) is 12.8. The highest BCUT2D eigenvalue weighted by Gasteiger charge is 2.22. The first-order valence-electron chi connectivity index (χ1n) is 7.72. The summed E-state index contributed by atoms with van der Waals surface area (Å²) in [5.41, 5.74) is 1.70. The second-order valence-corrected chi connectivity index (χ2v) is 6.88. The SMILES string of the molecule is O=C(NCc1ccc(O)cc1)c1nc2sc3c(c2c(=O)[nH]1)CCC3. The maximum atomic E-state index is 12.3. The molecular weight excluding hydrogens is 326 g/mol. The number of hydrogen-bond donors (Lipinski definition) is 3. The molecule has 0 atom stereocenters. The summed E-state index contributed by atoms with van der Waals surface area (Å²) in [7, 11) is 0. The second kappa shape index (κ2) is 5.76. The fraction of sp³-hybridized carbons (Fsp3) is 0.235. The van der Waals surface area contributed by atoms with Crippen LogP contribution in [0.1, 0.15) is 33.0 Å². The standard InChI is InChI=1S/C17H15N3O3S/c21-10-6-4-9(5-7-10)8-18-16(23)14-19-15(22)13-11-2-1-3-12(11)24-17(13)20-14/h4-7,21H,1-3,8H2,(H,18,23)(H,19,20,22). The highest BCUT2D eigenvalue weighted by Crippen LogP contribution is 2.34. The number of rotatable bonds is 3. The van der Waals surface area contributed by atoms with E-state index < -0.39 is 5.91 Å². The monoisotopic (exact) mass is 341 g/mol. The largest absolute Gasteiger partial charge is 0.508 e. The Labute approximate surface area is 141 Å². The highest BCUT2D eigenvalue weighted by atomic mass is 32.1. The molecule has 4 rings (SSSR count). The average molecular weight is 341 g/mol. The maximum absolute atomic E-state index is 12.3. The van der Waals surface area contributed by atoms with Gasteiger partial charge in [0, 0.05) is 11.4 Å². The van der Waals surface area contributed by atoms with Crippen molar-refractivity contribution in [1.82, 2.24) is 15.3 Å². The number of fused-ring (bicyclic) bond motifs is 3. The van der Waals surface area contributed by atoms with Crippen molar-refractivity contribution in [2.45, 2.75) is 25.8 Å². The number of aromatic amines is 1. The summed E-state index contributed by atoms with van der Waals surface area (Å²) in [5, 5.41) is 12.6. The third-order valence-corrected chi connectivity index (χ3v) is 5.37. The van der Waals surface area contributed by atoms with Gasteiger partial charge in [-0.05, 0) is 42.5 Å². The number of aryl methyl sites for hydroxylation is 2. The van der Waals surface area contributed by atoms with Gasteiger partial charge in [-0.1, -0.05) is 12.1 Å². The van der Waals surface area contributed by atoms with Gasteiger partial charge >= 0.3 is 0 Å². The van der Waals surface area contributed by atoms with Crippen LogP contribution in [0.4, 0.5) is 0 Å². The van der Waals surface area contributed by atoms with Gasteiger partial charge in [0.15, 0.2) is 0 Å². The Morgan fingerprint density at radius 3 is 2.88 bits per heavy atom. The van der Waals surface area contributed by atoms with Gasteiger partial charge in [-0.15, -0.1) is 11.3 Å². The fourth-order valence-electron chi connectivity index (χ4n) is 2.99. The molecule has 3 aromatic rings. The second-order valence-electron chi connectivity index (χ2n) is 5.80. The van der Waals surface area contributed by atoms with Crippen LogP contribution in [0.2, 0.25) is 0 Å². The number of carbonyl (C=O) groups is 1. The van der Waals surface area contributed by atoms with Gasteiger partial charge in [0.2, 0.25) is 5.82 Å². The van der Waals surface area contributed by atoms with Crippen molar-refractivity contribution >= 4 is 27.5 Å². The van der Waals surface area contributed by atoms with Crippen molar-refractivity contribution in [1.29, 1.82) is 0 Å². The Balaban J connectivity index is 1.58. The third-order valence-electron chi connectivity index (χ3n) is 4.18. The number of amides is 1. The van der Waals surface area contributed by atoms with Crippen molar-refractivity contribution in [2.75, 3.05) is 0 Å². The topological polar surface area (TPSA) is 95.1 Å². The molecule has 0 fully saturated rings. The van der Waals surface area contributed by atoms with E-state index in [1.165, 1.54) is 16.2 Å². The van der Waals surface area contributed by atoms with Crippen LogP contribution in [0, 0.1) is 0 Å². The number of phenolic OH excluding ortho intramolecular Hbond substituents is 1. The number of aromatic hydroxyl groups is 1. The molecule has 0 bridgehead atoms. The zero-order chi connectivity index (χ0) is 16.7. The Bertz CT molecular complexity index is 989. The van der Waals surface area contributed by atoms with Crippen LogP contribution in [0.3, 0.4) is 0 Å². The Hall–Kier alpha value is -2.67. The molecule has 1 amide bonds. The molecule has 0 saturated heterocycles. The van der Waals surface area contributed by atoms with E-state index in [0.29, 0.717) is 16.8 Å². The molecular formula is C17H15N3O3S. The summed E-state index contributed by atoms with van der Waals surface area (Å²) >= 11 is 1.51. The minimum atomic E-state index is -0.421. The number of nitrogens with zero attached hydrogens (tertiary/aromatic N) is 1. The first-order chi connectivity index (χ1) is 11.6. The Kier molecular flexibility index (Phi) is 3.57. The Morgan fingerprint density at radius 1 is 1.29 bits per heavy atom. The predicted molar refractivity (Wildman–Crippen MR) is 91.5 cm³/mol. The quantitative estimate of drug-likeness (QED) is 0.680. The van der Waals surface area contributed by atoms with Gasteiger partial charge in [0.1, 0.15) is 10.6 Å². The lowest BCUT2D eigenvalue weighted by Crippen LogP contribution is -2.27. The van der Waals surface area contributed by atoms with Gasteiger partial charge in [-0.3, -0.25) is 9.59 Å². The molecule has 6 nitrogen and oxygen atoms in total. The normalized spacial score (nSPS) is 13.2. The van der Waals surface area contributed by atoms with Crippen LogP contribution in [-0.2, 0) is 19.4 Å². The number of nitrogens with one attached hydrogen (secondary N) is 2. The van der Waals surface area contributed by atoms with Crippen molar-refractivity contribution in [3.05, 3.63) is 56.4 Å². The van der Waals surface area contributed by atoms with E-state index >= 15 is 0 Å². The van der Waals surface area contributed by atoms with Crippen LogP contribution in [-0.4, -0.2) is 21.0 Å². The summed E-state index contributed by atoms with van der Waals surface area (Å²) in [6, 6.07) is 6.55. The lowest BCUT2D eigenvalue weighted by molar-refractivity contribution is 0.0940. The van der Waals surface area contributed by atoms with E-state index in [1.54, 1.807) is 24.3 Å². The molecule has 3 N–H and O–H groups in total. The van der Waals surface area contributed by atoms with Crippen LogP contribution >= 0.6 is 11.3 Å². The number of phenols is 1. The summed E-state index contributed by atoms with van der Waals surface area (Å²) in [6.45, 7) is 0.293. The third kappa shape index (κ3) is 2.56. The lowest BCUT2D eigenvalue weighted by Gasteiger charge is -2.05. The van der Waals surface area contributed by atoms with Gasteiger partial charge in [-0.2, -0.15) is 0 Å². The van der Waals surface area contributed by atoms with E-state index in [2.05, 4.69) is 15.3 Å². The number of carbonyl (C=O) groups excluding carboxylic acids is 1. The molecule has 1 aliphatic rings. The predicted octanol–water partition coefficient (Wildman–Crippen LogP) is 2.11. The van der Waals surface area contributed by atoms with Crippen LogP contribution in [0.25, 0.3) is 10.2 Å². The molecule has 0 aliphatic heterocycles. The van der Waals surface area contributed by atoms with E-state index in [1.807, 2.05) is 0 Å². The molecule has 0 saturated carbocycles. The van der Waals surface area contributed by atoms with Crippen molar-refractivity contribution in [3.63, 3.8) is 0 Å². The van der Waals surface area contributed by atoms with Crippen molar-refractivity contribution < 1.29 is 9.90 Å².